The molecule has 0 aliphatic carbocycles. The van der Waals surface area contributed by atoms with Crippen molar-refractivity contribution < 1.29 is 44.1 Å². The summed E-state index contributed by atoms with van der Waals surface area (Å²) in [5.74, 6) is -4.50. The minimum atomic E-state index is -1.60. The molecule has 0 unspecified atom stereocenters. The molecule has 0 saturated heterocycles. The van der Waals surface area contributed by atoms with Gasteiger partial charge in [0, 0.05) is 6.42 Å². The fourth-order valence-corrected chi connectivity index (χ4v) is 4.88. The molecule has 0 spiro atoms. The van der Waals surface area contributed by atoms with Gasteiger partial charge in [0.25, 0.3) is 0 Å². The summed E-state index contributed by atoms with van der Waals surface area (Å²) in [7, 11) is 0. The molecule has 15 nitrogen and oxygen atoms in total. The van der Waals surface area contributed by atoms with Gasteiger partial charge < -0.3 is 47.6 Å². The van der Waals surface area contributed by atoms with E-state index < -0.39 is 78.4 Å². The third kappa shape index (κ3) is 13.6. The number of phenolic OH excluding ortho intramolecular Hbond substituents is 1. The Bertz CT molecular complexity index is 1390. The molecule has 2 aromatic rings. The number of nitrogens with two attached hydrogens (primary N) is 1. The largest absolute Gasteiger partial charge is 0.508 e. The molecule has 16 heteroatoms. The second-order valence-electron chi connectivity index (χ2n) is 11.1. The molecule has 6 atom stereocenters. The normalized spacial score (nSPS) is 14.6. The Morgan fingerprint density at radius 2 is 1.38 bits per heavy atom. The van der Waals surface area contributed by atoms with Crippen molar-refractivity contribution in [3.63, 3.8) is 0 Å². The summed E-state index contributed by atoms with van der Waals surface area (Å²) >= 11 is 1.40. The molecule has 0 radical (unpaired) electrons. The molecule has 10 N–H and O–H groups in total. The quantitative estimate of drug-likeness (QED) is 0.0848. The van der Waals surface area contributed by atoms with Gasteiger partial charge in [-0.2, -0.15) is 11.8 Å². The molecular weight excluding hydrogens is 644 g/mol. The number of rotatable bonds is 19. The van der Waals surface area contributed by atoms with E-state index in [-0.39, 0.29) is 25.0 Å². The number of carboxylic acid groups (broad SMARTS) is 1. The van der Waals surface area contributed by atoms with Crippen LogP contribution in [0.1, 0.15) is 31.4 Å². The monoisotopic (exact) mass is 688 g/mol. The number of phenols is 1. The number of aliphatic hydroxyl groups excluding tert-OH is 1. The average Bonchev–Trinajstić information content (AvgIpc) is 3.04. The lowest BCUT2D eigenvalue weighted by Gasteiger charge is -2.25. The van der Waals surface area contributed by atoms with Crippen LogP contribution in [0, 0.1) is 0 Å². The molecule has 2 rings (SSSR count). The Morgan fingerprint density at radius 1 is 0.771 bits per heavy atom. The van der Waals surface area contributed by atoms with E-state index in [0.29, 0.717) is 16.9 Å². The first-order chi connectivity index (χ1) is 22.7. The minimum absolute atomic E-state index is 0.0278. The predicted octanol–water partition coefficient (Wildman–Crippen LogP) is -1.20. The van der Waals surface area contributed by atoms with Gasteiger partial charge in [0.1, 0.15) is 23.9 Å². The van der Waals surface area contributed by atoms with Crippen LogP contribution < -0.4 is 32.3 Å². The zero-order chi connectivity index (χ0) is 35.8. The number of thioether (sulfide) groups is 1. The van der Waals surface area contributed by atoms with Gasteiger partial charge in [0.2, 0.25) is 29.5 Å². The summed E-state index contributed by atoms with van der Waals surface area (Å²) < 4.78 is 0. The zero-order valence-corrected chi connectivity index (χ0v) is 27.8. The number of nitrogens with one attached hydrogen (secondary N) is 5. The number of aromatic hydroxyl groups is 1. The lowest BCUT2D eigenvalue weighted by atomic mass is 10.0. The van der Waals surface area contributed by atoms with Gasteiger partial charge in [-0.1, -0.05) is 42.5 Å². The van der Waals surface area contributed by atoms with Crippen molar-refractivity contribution in [2.75, 3.05) is 18.6 Å². The lowest BCUT2D eigenvalue weighted by Crippen LogP contribution is -2.58. The summed E-state index contributed by atoms with van der Waals surface area (Å²) in [4.78, 5) is 76.0. The van der Waals surface area contributed by atoms with E-state index in [1.54, 1.807) is 48.7 Å². The maximum Gasteiger partial charge on any atom is 0.328 e. The van der Waals surface area contributed by atoms with Crippen molar-refractivity contribution in [1.82, 2.24) is 26.6 Å². The number of carbonyl (C=O) groups excluding carboxylic acids is 5. The van der Waals surface area contributed by atoms with Crippen LogP contribution in [-0.4, -0.2) is 106 Å². The van der Waals surface area contributed by atoms with Crippen LogP contribution in [0.4, 0.5) is 0 Å². The molecule has 48 heavy (non-hydrogen) atoms. The van der Waals surface area contributed by atoms with E-state index >= 15 is 0 Å². The number of hydrogen-bond acceptors (Lipinski definition) is 10. The highest BCUT2D eigenvalue weighted by Gasteiger charge is 2.31. The maximum atomic E-state index is 13.5. The number of amides is 5. The third-order valence-electron chi connectivity index (χ3n) is 7.13. The first kappa shape index (κ1) is 39.5. The Kier molecular flexibility index (Phi) is 16.4. The van der Waals surface area contributed by atoms with Crippen LogP contribution >= 0.6 is 11.8 Å². The average molecular weight is 689 g/mol. The highest BCUT2D eigenvalue weighted by atomic mass is 32.2. The van der Waals surface area contributed by atoms with Crippen molar-refractivity contribution in [3.8, 4) is 5.75 Å². The Balaban J connectivity index is 2.04. The highest BCUT2D eigenvalue weighted by molar-refractivity contribution is 7.98. The van der Waals surface area contributed by atoms with E-state index in [1.165, 1.54) is 37.7 Å². The topological polar surface area (TPSA) is 249 Å². The number of aliphatic hydroxyl groups is 1. The number of carbonyl (C=O) groups is 6. The summed E-state index contributed by atoms with van der Waals surface area (Å²) in [5, 5.41) is 40.8. The predicted molar refractivity (Wildman–Crippen MR) is 179 cm³/mol. The van der Waals surface area contributed by atoms with E-state index in [9.17, 15) is 44.1 Å². The molecule has 0 fully saturated rings. The standard InChI is InChI=1S/C32H44N6O9S/c1-18(35-29(43)23(33)15-21-9-11-22(40)12-10-21)28(42)34-17-26(41)36-25(16-20-7-5-4-6-8-20)31(45)37-24(13-14-48-3)30(44)38-27(19(2)39)32(46)47/h4-12,18-19,23-25,27,39-40H,13-17,33H2,1-3H3,(H,34,42)(H,35,43)(H,36,41)(H,37,45)(H,38,44)(H,46,47)/t18-,19+,23-,24-,25-,27-/m0/s1. The smallest absolute Gasteiger partial charge is 0.328 e. The van der Waals surface area contributed by atoms with Crippen molar-refractivity contribution in [1.29, 1.82) is 0 Å². The summed E-state index contributed by atoms with van der Waals surface area (Å²) in [6.45, 7) is 2.08. The maximum absolute atomic E-state index is 13.5. The van der Waals surface area contributed by atoms with E-state index in [0.717, 1.165) is 0 Å². The number of aliphatic carboxylic acids is 1. The molecule has 0 heterocycles. The lowest BCUT2D eigenvalue weighted by molar-refractivity contribution is -0.145. The SMILES string of the molecule is CSCC[C@H](NC(=O)[C@H](Cc1ccccc1)NC(=O)CNC(=O)[C@H](C)NC(=O)[C@@H](N)Cc1ccc(O)cc1)C(=O)N[C@H](C(=O)O)[C@@H](C)O. The number of benzene rings is 2. The molecule has 262 valence electrons. The second kappa shape index (κ2) is 19.9. The van der Waals surface area contributed by atoms with Gasteiger partial charge in [0.05, 0.1) is 18.7 Å². The van der Waals surface area contributed by atoms with Crippen molar-refractivity contribution in [3.05, 3.63) is 65.7 Å². The molecule has 0 aromatic heterocycles. The van der Waals surface area contributed by atoms with Gasteiger partial charge in [-0.3, -0.25) is 24.0 Å². The van der Waals surface area contributed by atoms with Gasteiger partial charge in [0.15, 0.2) is 6.04 Å². The molecule has 0 aliphatic heterocycles. The summed E-state index contributed by atoms with van der Waals surface area (Å²) in [6, 6.07) is 8.92. The molecule has 0 bridgehead atoms. The van der Waals surface area contributed by atoms with Crippen molar-refractivity contribution in [2.24, 2.45) is 5.73 Å². The van der Waals surface area contributed by atoms with E-state index in [2.05, 4.69) is 26.6 Å². The minimum Gasteiger partial charge on any atom is -0.508 e. The van der Waals surface area contributed by atoms with Gasteiger partial charge in [-0.05, 0) is 62.0 Å². The van der Waals surface area contributed by atoms with Crippen LogP contribution in [0.25, 0.3) is 0 Å². The number of hydrogen-bond donors (Lipinski definition) is 9. The van der Waals surface area contributed by atoms with Crippen LogP contribution in [0.2, 0.25) is 0 Å². The Labute approximate surface area is 282 Å². The second-order valence-corrected chi connectivity index (χ2v) is 12.1. The van der Waals surface area contributed by atoms with E-state index in [1.807, 2.05) is 0 Å². The van der Waals surface area contributed by atoms with Crippen LogP contribution in [0.5, 0.6) is 5.75 Å². The van der Waals surface area contributed by atoms with Crippen LogP contribution in [0.3, 0.4) is 0 Å². The van der Waals surface area contributed by atoms with Crippen LogP contribution in [-0.2, 0) is 41.6 Å². The van der Waals surface area contributed by atoms with Crippen LogP contribution in [0.15, 0.2) is 54.6 Å². The molecular formula is C32H44N6O9S. The third-order valence-corrected chi connectivity index (χ3v) is 7.77. The molecule has 2 aromatic carbocycles. The Hall–Kier alpha value is -4.67. The fraction of sp³-hybridized carbons (Fsp3) is 0.438. The summed E-state index contributed by atoms with van der Waals surface area (Å²) in [5.41, 5.74) is 7.36. The Morgan fingerprint density at radius 3 is 1.96 bits per heavy atom. The molecule has 0 saturated carbocycles. The van der Waals surface area contributed by atoms with Crippen molar-refractivity contribution >= 4 is 47.3 Å². The van der Waals surface area contributed by atoms with Gasteiger partial charge >= 0.3 is 5.97 Å². The number of carboxylic acids is 1. The van der Waals surface area contributed by atoms with Crippen molar-refractivity contribution in [2.45, 2.75) is 69.4 Å². The van der Waals surface area contributed by atoms with E-state index in [4.69, 9.17) is 5.73 Å². The molecule has 0 aliphatic rings. The first-order valence-electron chi connectivity index (χ1n) is 15.2. The molecule has 5 amide bonds. The van der Waals surface area contributed by atoms with Gasteiger partial charge in [-0.25, -0.2) is 4.79 Å². The van der Waals surface area contributed by atoms with Gasteiger partial charge in [-0.15, -0.1) is 0 Å². The first-order valence-corrected chi connectivity index (χ1v) is 16.6. The highest BCUT2D eigenvalue weighted by Crippen LogP contribution is 2.11. The summed E-state index contributed by atoms with van der Waals surface area (Å²) in [6.07, 6.45) is 0.711. The fourth-order valence-electron chi connectivity index (χ4n) is 4.41. The zero-order valence-electron chi connectivity index (χ0n) is 27.0.